The first-order valence-corrected chi connectivity index (χ1v) is 6.02. The first-order valence-electron chi connectivity index (χ1n) is 6.02. The summed E-state index contributed by atoms with van der Waals surface area (Å²) in [4.78, 5) is 3.98. The number of hydrogen-bond acceptors (Lipinski definition) is 5. The van der Waals surface area contributed by atoms with Gasteiger partial charge in [0.05, 0.1) is 0 Å². The number of ether oxygens (including phenoxy) is 1. The highest BCUT2D eigenvalue weighted by molar-refractivity contribution is 5.32. The Morgan fingerprint density at radius 3 is 3.12 bits per heavy atom. The summed E-state index contributed by atoms with van der Waals surface area (Å²) in [6, 6.07) is 4.14. The predicted octanol–water partition coefficient (Wildman–Crippen LogP) is 0.465. The number of nitrogens with two attached hydrogens (primary N) is 2. The second kappa shape index (κ2) is 5.95. The molecule has 1 aliphatic heterocycles. The molecule has 2 rings (SSSR count). The second-order valence-corrected chi connectivity index (χ2v) is 4.62. The normalized spacial score (nSPS) is 21.6. The van der Waals surface area contributed by atoms with Gasteiger partial charge in [-0.15, -0.1) is 0 Å². The smallest absolute Gasteiger partial charge is 0.123 e. The number of rotatable bonds is 5. The average molecular weight is 236 g/mol. The Bertz CT molecular complexity index is 352. The maximum atomic E-state index is 5.66. The van der Waals surface area contributed by atoms with Crippen LogP contribution in [0.4, 0.5) is 5.82 Å². The Labute approximate surface area is 102 Å². The molecule has 1 fully saturated rings. The van der Waals surface area contributed by atoms with Crippen molar-refractivity contribution in [3.8, 4) is 0 Å². The molecule has 0 radical (unpaired) electrons. The summed E-state index contributed by atoms with van der Waals surface area (Å²) in [6.07, 6.45) is 4.78. The maximum Gasteiger partial charge on any atom is 0.123 e. The predicted molar refractivity (Wildman–Crippen MR) is 67.0 cm³/mol. The molecule has 1 saturated heterocycles. The first-order chi connectivity index (χ1) is 8.28. The molecule has 0 aliphatic carbocycles. The van der Waals surface area contributed by atoms with Gasteiger partial charge in [-0.2, -0.15) is 0 Å². The fourth-order valence-electron chi connectivity index (χ4n) is 2.29. The van der Waals surface area contributed by atoms with Crippen LogP contribution in [0.15, 0.2) is 18.3 Å². The maximum absolute atomic E-state index is 5.66. The molecule has 2 heterocycles. The fraction of sp³-hybridized carbons (Fsp3) is 0.583. The van der Waals surface area contributed by atoms with Gasteiger partial charge in [-0.1, -0.05) is 0 Å². The monoisotopic (exact) mass is 236 g/mol. The molecule has 0 spiro atoms. The Morgan fingerprint density at radius 2 is 2.47 bits per heavy atom. The van der Waals surface area contributed by atoms with Crippen LogP contribution in [0.5, 0.6) is 0 Å². The molecule has 2 atom stereocenters. The van der Waals surface area contributed by atoms with E-state index in [2.05, 4.69) is 10.4 Å². The molecule has 1 aromatic rings. The van der Waals surface area contributed by atoms with Gasteiger partial charge < -0.3 is 10.5 Å². The van der Waals surface area contributed by atoms with Crippen LogP contribution in [-0.2, 0) is 11.2 Å². The molecule has 2 unspecified atom stereocenters. The standard InChI is InChI=1S/C12H20N4O/c13-12-7-9(1-3-15-12)5-11(16-14)6-10-2-4-17-8-10/h1,3,7,10-11,16H,2,4-6,8,14H2,(H2,13,15). The molecule has 0 aromatic carbocycles. The zero-order chi connectivity index (χ0) is 12.1. The molecule has 5 N–H and O–H groups in total. The lowest BCUT2D eigenvalue weighted by Crippen LogP contribution is -2.38. The summed E-state index contributed by atoms with van der Waals surface area (Å²) >= 11 is 0. The molecule has 5 nitrogen and oxygen atoms in total. The number of pyridine rings is 1. The number of nitrogen functional groups attached to an aromatic ring is 1. The van der Waals surface area contributed by atoms with Gasteiger partial charge in [-0.25, -0.2) is 4.98 Å². The number of nitrogens with zero attached hydrogens (tertiary/aromatic N) is 1. The van der Waals surface area contributed by atoms with Crippen molar-refractivity contribution in [2.75, 3.05) is 18.9 Å². The van der Waals surface area contributed by atoms with Crippen molar-refractivity contribution in [3.05, 3.63) is 23.9 Å². The summed E-state index contributed by atoms with van der Waals surface area (Å²) in [5.74, 6) is 6.78. The van der Waals surface area contributed by atoms with Gasteiger partial charge in [0.2, 0.25) is 0 Å². The van der Waals surface area contributed by atoms with E-state index in [0.29, 0.717) is 11.7 Å². The zero-order valence-corrected chi connectivity index (χ0v) is 9.93. The van der Waals surface area contributed by atoms with Gasteiger partial charge in [0.15, 0.2) is 0 Å². The molecule has 0 amide bonds. The van der Waals surface area contributed by atoms with Gasteiger partial charge >= 0.3 is 0 Å². The minimum Gasteiger partial charge on any atom is -0.384 e. The van der Waals surface area contributed by atoms with E-state index < -0.39 is 0 Å². The third kappa shape index (κ3) is 3.66. The van der Waals surface area contributed by atoms with Crippen LogP contribution in [0.2, 0.25) is 0 Å². The van der Waals surface area contributed by atoms with E-state index in [4.69, 9.17) is 16.3 Å². The Kier molecular flexibility index (Phi) is 4.30. The van der Waals surface area contributed by atoms with Crippen LogP contribution in [0, 0.1) is 5.92 Å². The largest absolute Gasteiger partial charge is 0.384 e. The van der Waals surface area contributed by atoms with E-state index in [1.165, 1.54) is 5.56 Å². The molecule has 94 valence electrons. The Balaban J connectivity index is 1.90. The molecule has 17 heavy (non-hydrogen) atoms. The van der Waals surface area contributed by atoms with Crippen molar-refractivity contribution in [1.29, 1.82) is 0 Å². The van der Waals surface area contributed by atoms with Crippen molar-refractivity contribution in [3.63, 3.8) is 0 Å². The summed E-state index contributed by atoms with van der Waals surface area (Å²) in [5.41, 5.74) is 9.70. The molecule has 1 aliphatic rings. The molecular weight excluding hydrogens is 216 g/mol. The van der Waals surface area contributed by atoms with Crippen molar-refractivity contribution in [2.24, 2.45) is 11.8 Å². The van der Waals surface area contributed by atoms with Gasteiger partial charge in [0, 0.05) is 25.5 Å². The number of hydrazine groups is 1. The lowest BCUT2D eigenvalue weighted by Gasteiger charge is -2.19. The lowest BCUT2D eigenvalue weighted by molar-refractivity contribution is 0.181. The van der Waals surface area contributed by atoms with Crippen molar-refractivity contribution >= 4 is 5.82 Å². The quantitative estimate of drug-likeness (QED) is 0.511. The second-order valence-electron chi connectivity index (χ2n) is 4.62. The van der Waals surface area contributed by atoms with Crippen LogP contribution >= 0.6 is 0 Å². The van der Waals surface area contributed by atoms with Gasteiger partial charge in [0.1, 0.15) is 5.82 Å². The number of hydrogen-bond donors (Lipinski definition) is 3. The van der Waals surface area contributed by atoms with Gasteiger partial charge in [-0.05, 0) is 42.9 Å². The zero-order valence-electron chi connectivity index (χ0n) is 9.93. The van der Waals surface area contributed by atoms with E-state index in [-0.39, 0.29) is 6.04 Å². The van der Waals surface area contributed by atoms with Crippen molar-refractivity contribution < 1.29 is 4.74 Å². The highest BCUT2D eigenvalue weighted by Gasteiger charge is 2.20. The van der Waals surface area contributed by atoms with Crippen LogP contribution in [-0.4, -0.2) is 24.2 Å². The van der Waals surface area contributed by atoms with Crippen molar-refractivity contribution in [2.45, 2.75) is 25.3 Å². The topological polar surface area (TPSA) is 86.2 Å². The Morgan fingerprint density at radius 1 is 1.59 bits per heavy atom. The summed E-state index contributed by atoms with van der Waals surface area (Å²) in [5, 5.41) is 0. The van der Waals surface area contributed by atoms with Gasteiger partial charge in [0.25, 0.3) is 0 Å². The minimum atomic E-state index is 0.267. The lowest BCUT2D eigenvalue weighted by atomic mass is 9.95. The third-order valence-electron chi connectivity index (χ3n) is 3.21. The van der Waals surface area contributed by atoms with E-state index in [9.17, 15) is 0 Å². The highest BCUT2D eigenvalue weighted by Crippen LogP contribution is 2.19. The summed E-state index contributed by atoms with van der Waals surface area (Å²) < 4.78 is 5.37. The first kappa shape index (κ1) is 12.3. The van der Waals surface area contributed by atoms with E-state index in [0.717, 1.165) is 32.5 Å². The summed E-state index contributed by atoms with van der Waals surface area (Å²) in [7, 11) is 0. The Hall–Kier alpha value is -1.17. The SMILES string of the molecule is NNC(Cc1ccnc(N)c1)CC1CCOC1. The van der Waals surface area contributed by atoms with E-state index in [1.54, 1.807) is 6.20 Å². The third-order valence-corrected chi connectivity index (χ3v) is 3.21. The van der Waals surface area contributed by atoms with Crippen LogP contribution in [0.1, 0.15) is 18.4 Å². The minimum absolute atomic E-state index is 0.267. The molecule has 5 heteroatoms. The molecule has 1 aromatic heterocycles. The van der Waals surface area contributed by atoms with E-state index in [1.807, 2.05) is 12.1 Å². The summed E-state index contributed by atoms with van der Waals surface area (Å²) in [6.45, 7) is 1.74. The van der Waals surface area contributed by atoms with Gasteiger partial charge in [-0.3, -0.25) is 11.3 Å². The fourth-order valence-corrected chi connectivity index (χ4v) is 2.29. The van der Waals surface area contributed by atoms with Crippen molar-refractivity contribution in [1.82, 2.24) is 10.4 Å². The van der Waals surface area contributed by atoms with Crippen LogP contribution in [0.3, 0.4) is 0 Å². The highest BCUT2D eigenvalue weighted by atomic mass is 16.5. The average Bonchev–Trinajstić information content (AvgIpc) is 2.81. The van der Waals surface area contributed by atoms with E-state index >= 15 is 0 Å². The van der Waals surface area contributed by atoms with Crippen LogP contribution in [0.25, 0.3) is 0 Å². The molecular formula is C12H20N4O. The van der Waals surface area contributed by atoms with Crippen LogP contribution < -0.4 is 17.0 Å². The number of aromatic nitrogens is 1. The number of anilines is 1. The molecule has 0 saturated carbocycles. The molecule has 0 bridgehead atoms. The number of nitrogens with one attached hydrogen (secondary N) is 1.